The molecule has 0 saturated heterocycles. The van der Waals surface area contributed by atoms with E-state index in [1.807, 2.05) is 30.3 Å². The van der Waals surface area contributed by atoms with Gasteiger partial charge in [-0.2, -0.15) is 0 Å². The Balaban J connectivity index is 1.98. The van der Waals surface area contributed by atoms with Crippen molar-refractivity contribution < 1.29 is 4.52 Å². The summed E-state index contributed by atoms with van der Waals surface area (Å²) in [4.78, 5) is 0. The lowest BCUT2D eigenvalue weighted by molar-refractivity contribution is 0.363. The Bertz CT molecular complexity index is 490. The molecule has 0 bridgehead atoms. The lowest BCUT2D eigenvalue weighted by Gasteiger charge is -2.09. The van der Waals surface area contributed by atoms with Crippen molar-refractivity contribution in [1.29, 1.82) is 0 Å². The fourth-order valence-electron chi connectivity index (χ4n) is 2.31. The molecule has 2 aromatic rings. The molecule has 1 unspecified atom stereocenters. The highest BCUT2D eigenvalue weighted by Gasteiger charge is 2.25. The number of rotatable bonds is 2. The van der Waals surface area contributed by atoms with Gasteiger partial charge in [0.05, 0.1) is 11.7 Å². The van der Waals surface area contributed by atoms with Gasteiger partial charge in [-0.15, -0.1) is 0 Å². The highest BCUT2D eigenvalue weighted by Crippen LogP contribution is 2.30. The van der Waals surface area contributed by atoms with Gasteiger partial charge in [0.15, 0.2) is 5.76 Å². The summed E-state index contributed by atoms with van der Waals surface area (Å²) in [6.45, 7) is 0. The van der Waals surface area contributed by atoms with Crippen LogP contribution in [0.15, 0.2) is 34.9 Å². The van der Waals surface area contributed by atoms with Crippen LogP contribution in [0.25, 0.3) is 0 Å². The second-order valence-electron chi connectivity index (χ2n) is 4.21. The van der Waals surface area contributed by atoms with Crippen LogP contribution in [-0.4, -0.2) is 5.16 Å². The molecular formula is C13H14N2O. The third-order valence-electron chi connectivity index (χ3n) is 3.18. The van der Waals surface area contributed by atoms with Crippen LogP contribution >= 0.6 is 0 Å². The molecule has 3 rings (SSSR count). The number of fused-ring (bicyclic) bond motifs is 1. The number of hydrogen-bond acceptors (Lipinski definition) is 3. The van der Waals surface area contributed by atoms with Crippen molar-refractivity contribution in [1.82, 2.24) is 5.16 Å². The Morgan fingerprint density at radius 2 is 2.00 bits per heavy atom. The maximum Gasteiger partial charge on any atom is 0.161 e. The minimum absolute atomic E-state index is 0.185. The second-order valence-corrected chi connectivity index (χ2v) is 4.21. The molecule has 1 atom stereocenters. The van der Waals surface area contributed by atoms with E-state index in [1.165, 1.54) is 12.0 Å². The zero-order chi connectivity index (χ0) is 11.0. The van der Waals surface area contributed by atoms with Gasteiger partial charge in [-0.3, -0.25) is 0 Å². The Morgan fingerprint density at radius 3 is 2.81 bits per heavy atom. The van der Waals surface area contributed by atoms with E-state index in [-0.39, 0.29) is 6.04 Å². The van der Waals surface area contributed by atoms with E-state index in [0.717, 1.165) is 29.9 Å². The molecule has 1 aromatic carbocycles. The molecule has 2 N–H and O–H groups in total. The summed E-state index contributed by atoms with van der Waals surface area (Å²) in [6.07, 6.45) is 3.25. The number of aryl methyl sites for hydroxylation is 1. The van der Waals surface area contributed by atoms with Crippen LogP contribution in [0.3, 0.4) is 0 Å². The molecule has 0 fully saturated rings. The smallest absolute Gasteiger partial charge is 0.161 e. The standard InChI is InChI=1S/C13H14N2O/c14-12(9-5-2-1-3-6-9)13-10-7-4-8-11(10)15-16-13/h1-3,5-6,12H,4,7-8,14H2. The van der Waals surface area contributed by atoms with Crippen LogP contribution in [-0.2, 0) is 12.8 Å². The van der Waals surface area contributed by atoms with Gasteiger partial charge in [0, 0.05) is 5.56 Å². The zero-order valence-electron chi connectivity index (χ0n) is 9.02. The maximum atomic E-state index is 6.20. The number of aromatic nitrogens is 1. The minimum Gasteiger partial charge on any atom is -0.359 e. The molecule has 0 radical (unpaired) electrons. The fourth-order valence-corrected chi connectivity index (χ4v) is 2.31. The Labute approximate surface area is 94.2 Å². The molecule has 0 amide bonds. The van der Waals surface area contributed by atoms with Gasteiger partial charge in [0.2, 0.25) is 0 Å². The van der Waals surface area contributed by atoms with Crippen molar-refractivity contribution in [3.63, 3.8) is 0 Å². The van der Waals surface area contributed by atoms with E-state index in [2.05, 4.69) is 5.16 Å². The van der Waals surface area contributed by atoms with E-state index < -0.39 is 0 Å². The molecule has 3 nitrogen and oxygen atoms in total. The maximum absolute atomic E-state index is 6.20. The van der Waals surface area contributed by atoms with Crippen molar-refractivity contribution in [2.24, 2.45) is 5.73 Å². The van der Waals surface area contributed by atoms with Gasteiger partial charge in [-0.05, 0) is 24.8 Å². The lowest BCUT2D eigenvalue weighted by Crippen LogP contribution is -2.12. The van der Waals surface area contributed by atoms with E-state index in [9.17, 15) is 0 Å². The number of nitrogens with two attached hydrogens (primary N) is 1. The number of nitrogens with zero attached hydrogens (tertiary/aromatic N) is 1. The first-order valence-corrected chi connectivity index (χ1v) is 5.64. The van der Waals surface area contributed by atoms with E-state index in [0.29, 0.717) is 0 Å². The van der Waals surface area contributed by atoms with E-state index in [1.54, 1.807) is 0 Å². The van der Waals surface area contributed by atoms with Crippen LogP contribution < -0.4 is 5.73 Å². The topological polar surface area (TPSA) is 52.0 Å². The average molecular weight is 214 g/mol. The van der Waals surface area contributed by atoms with Crippen molar-refractivity contribution in [2.75, 3.05) is 0 Å². The van der Waals surface area contributed by atoms with Crippen LogP contribution in [0.1, 0.15) is 35.0 Å². The van der Waals surface area contributed by atoms with Gasteiger partial charge in [-0.25, -0.2) is 0 Å². The minimum atomic E-state index is -0.185. The predicted octanol–water partition coefficient (Wildman–Crippen LogP) is 2.21. The summed E-state index contributed by atoms with van der Waals surface area (Å²) in [5.74, 6) is 0.846. The first-order chi connectivity index (χ1) is 7.86. The van der Waals surface area contributed by atoms with Gasteiger partial charge < -0.3 is 10.3 Å². The van der Waals surface area contributed by atoms with Crippen molar-refractivity contribution in [3.8, 4) is 0 Å². The predicted molar refractivity (Wildman–Crippen MR) is 61.0 cm³/mol. The Hall–Kier alpha value is -1.61. The SMILES string of the molecule is NC(c1ccccc1)c1onc2c1CCC2. The quantitative estimate of drug-likeness (QED) is 0.833. The normalized spacial score (nSPS) is 16.1. The van der Waals surface area contributed by atoms with Crippen LogP contribution in [0.4, 0.5) is 0 Å². The molecule has 16 heavy (non-hydrogen) atoms. The summed E-state index contributed by atoms with van der Waals surface area (Å²) in [5, 5.41) is 4.09. The average Bonchev–Trinajstić information content (AvgIpc) is 2.91. The lowest BCUT2D eigenvalue weighted by atomic mass is 10.0. The number of benzene rings is 1. The van der Waals surface area contributed by atoms with Gasteiger partial charge in [-0.1, -0.05) is 35.5 Å². The third-order valence-corrected chi connectivity index (χ3v) is 3.18. The molecule has 1 aromatic heterocycles. The van der Waals surface area contributed by atoms with Gasteiger partial charge in [0.1, 0.15) is 0 Å². The Kier molecular flexibility index (Phi) is 2.26. The molecule has 1 aliphatic rings. The largest absolute Gasteiger partial charge is 0.359 e. The molecule has 3 heteroatoms. The molecule has 1 heterocycles. The van der Waals surface area contributed by atoms with Crippen molar-refractivity contribution >= 4 is 0 Å². The zero-order valence-corrected chi connectivity index (χ0v) is 9.02. The summed E-state index contributed by atoms with van der Waals surface area (Å²) in [5.41, 5.74) is 9.61. The van der Waals surface area contributed by atoms with Crippen LogP contribution in [0, 0.1) is 0 Å². The van der Waals surface area contributed by atoms with Crippen molar-refractivity contribution in [2.45, 2.75) is 25.3 Å². The monoisotopic (exact) mass is 214 g/mol. The molecular weight excluding hydrogens is 200 g/mol. The first kappa shape index (κ1) is 9.60. The molecule has 0 aliphatic heterocycles. The summed E-state index contributed by atoms with van der Waals surface area (Å²) < 4.78 is 5.38. The van der Waals surface area contributed by atoms with E-state index >= 15 is 0 Å². The van der Waals surface area contributed by atoms with Crippen LogP contribution in [0.5, 0.6) is 0 Å². The number of hydrogen-bond donors (Lipinski definition) is 1. The highest BCUT2D eigenvalue weighted by atomic mass is 16.5. The highest BCUT2D eigenvalue weighted by molar-refractivity contribution is 5.35. The van der Waals surface area contributed by atoms with Gasteiger partial charge in [0.25, 0.3) is 0 Å². The summed E-state index contributed by atoms with van der Waals surface area (Å²) in [7, 11) is 0. The second kappa shape index (κ2) is 3.76. The molecule has 0 spiro atoms. The fraction of sp³-hybridized carbons (Fsp3) is 0.308. The molecule has 1 aliphatic carbocycles. The Morgan fingerprint density at radius 1 is 1.19 bits per heavy atom. The summed E-state index contributed by atoms with van der Waals surface area (Å²) in [6, 6.07) is 9.83. The molecule has 82 valence electrons. The molecule has 0 saturated carbocycles. The van der Waals surface area contributed by atoms with Crippen LogP contribution in [0.2, 0.25) is 0 Å². The van der Waals surface area contributed by atoms with Gasteiger partial charge >= 0.3 is 0 Å². The third kappa shape index (κ3) is 1.44. The summed E-state index contributed by atoms with van der Waals surface area (Å²) >= 11 is 0. The van der Waals surface area contributed by atoms with Crippen molar-refractivity contribution in [3.05, 3.63) is 52.9 Å². The first-order valence-electron chi connectivity index (χ1n) is 5.64. The van der Waals surface area contributed by atoms with E-state index in [4.69, 9.17) is 10.3 Å².